The van der Waals surface area contributed by atoms with Crippen molar-refractivity contribution in [3.63, 3.8) is 0 Å². The maximum atomic E-state index is 11.9. The first-order chi connectivity index (χ1) is 10.5. The van der Waals surface area contributed by atoms with Gasteiger partial charge in [-0.1, -0.05) is 0 Å². The third-order valence-corrected chi connectivity index (χ3v) is 5.60. The maximum Gasteiger partial charge on any atom is 0.220 e. The summed E-state index contributed by atoms with van der Waals surface area (Å²) in [6.45, 7) is 7.29. The van der Waals surface area contributed by atoms with Crippen LogP contribution in [-0.2, 0) is 11.2 Å². The smallest absolute Gasteiger partial charge is 0.220 e. The molecule has 1 atom stereocenters. The second kappa shape index (κ2) is 8.63. The molecule has 1 fully saturated rings. The lowest BCUT2D eigenvalue weighted by molar-refractivity contribution is -0.121. The molecule has 0 spiro atoms. The number of amides is 1. The molecule has 1 aromatic rings. The first-order valence-corrected chi connectivity index (χ1v) is 9.24. The first kappa shape index (κ1) is 17.4. The van der Waals surface area contributed by atoms with Crippen LogP contribution in [0.3, 0.4) is 0 Å². The lowest BCUT2D eigenvalue weighted by atomic mass is 9.93. The lowest BCUT2D eigenvalue weighted by Crippen LogP contribution is -2.33. The number of nitrogens with one attached hydrogen (secondary N) is 1. The Morgan fingerprint density at radius 1 is 1.45 bits per heavy atom. The van der Waals surface area contributed by atoms with Crippen LogP contribution in [0.1, 0.15) is 47.7 Å². The van der Waals surface area contributed by atoms with Gasteiger partial charge in [0.25, 0.3) is 0 Å². The summed E-state index contributed by atoms with van der Waals surface area (Å²) >= 11 is 1.77. The number of thiazole rings is 1. The van der Waals surface area contributed by atoms with Gasteiger partial charge in [-0.25, -0.2) is 4.98 Å². The quantitative estimate of drug-likeness (QED) is 0.785. The first-order valence-electron chi connectivity index (χ1n) is 8.42. The minimum Gasteiger partial charge on any atom is -0.356 e. The van der Waals surface area contributed by atoms with E-state index in [9.17, 15) is 4.79 Å². The molecule has 0 radical (unpaired) electrons. The molecule has 4 nitrogen and oxygen atoms in total. The van der Waals surface area contributed by atoms with Gasteiger partial charge < -0.3 is 10.2 Å². The van der Waals surface area contributed by atoms with Crippen molar-refractivity contribution in [2.75, 3.05) is 26.7 Å². The molecule has 1 amide bonds. The summed E-state index contributed by atoms with van der Waals surface area (Å²) in [5.41, 5.74) is 1.14. The van der Waals surface area contributed by atoms with Crippen LogP contribution < -0.4 is 5.32 Å². The van der Waals surface area contributed by atoms with E-state index in [4.69, 9.17) is 0 Å². The second-order valence-corrected chi connectivity index (χ2v) is 7.80. The molecule has 2 rings (SSSR count). The average Bonchev–Trinajstić information content (AvgIpc) is 2.80. The van der Waals surface area contributed by atoms with Crippen molar-refractivity contribution in [1.82, 2.24) is 15.2 Å². The molecule has 0 bridgehead atoms. The van der Waals surface area contributed by atoms with Crippen molar-refractivity contribution in [2.45, 2.75) is 52.4 Å². The van der Waals surface area contributed by atoms with E-state index < -0.39 is 0 Å². The number of carbonyl (C=O) groups is 1. The SMILES string of the molecule is Cc1nc(CCCNC(=O)CC[C@@H]2CCCN(C)C2)sc1C. The topological polar surface area (TPSA) is 45.2 Å². The van der Waals surface area contributed by atoms with Crippen LogP contribution in [0.4, 0.5) is 0 Å². The van der Waals surface area contributed by atoms with Crippen molar-refractivity contribution in [2.24, 2.45) is 5.92 Å². The van der Waals surface area contributed by atoms with Crippen molar-refractivity contribution >= 4 is 17.2 Å². The van der Waals surface area contributed by atoms with E-state index in [2.05, 4.69) is 36.1 Å². The predicted octanol–water partition coefficient (Wildman–Crippen LogP) is 2.93. The highest BCUT2D eigenvalue weighted by molar-refractivity contribution is 7.11. The number of aromatic nitrogens is 1. The van der Waals surface area contributed by atoms with Gasteiger partial charge in [-0.2, -0.15) is 0 Å². The van der Waals surface area contributed by atoms with Crippen molar-refractivity contribution < 1.29 is 4.79 Å². The fraction of sp³-hybridized carbons (Fsp3) is 0.765. The highest BCUT2D eigenvalue weighted by Gasteiger charge is 2.17. The van der Waals surface area contributed by atoms with Gasteiger partial charge in [0.05, 0.1) is 10.7 Å². The zero-order valence-corrected chi connectivity index (χ0v) is 15.0. The molecule has 1 aliphatic rings. The molecule has 5 heteroatoms. The van der Waals surface area contributed by atoms with Crippen molar-refractivity contribution in [3.8, 4) is 0 Å². The van der Waals surface area contributed by atoms with Gasteiger partial charge in [0, 0.05) is 30.8 Å². The Hall–Kier alpha value is -0.940. The summed E-state index contributed by atoms with van der Waals surface area (Å²) in [6, 6.07) is 0. The minimum atomic E-state index is 0.208. The van der Waals surface area contributed by atoms with Crippen LogP contribution in [0.25, 0.3) is 0 Å². The third-order valence-electron chi connectivity index (χ3n) is 4.46. The Labute approximate surface area is 138 Å². The predicted molar refractivity (Wildman–Crippen MR) is 92.4 cm³/mol. The molecule has 0 saturated carbocycles. The van der Waals surface area contributed by atoms with E-state index in [1.807, 2.05) is 0 Å². The summed E-state index contributed by atoms with van der Waals surface area (Å²) < 4.78 is 0. The normalized spacial score (nSPS) is 19.3. The van der Waals surface area contributed by atoms with Gasteiger partial charge >= 0.3 is 0 Å². The molecule has 1 aliphatic heterocycles. The Balaban J connectivity index is 1.55. The number of hydrogen-bond acceptors (Lipinski definition) is 4. The molecule has 0 unspecified atom stereocenters. The zero-order chi connectivity index (χ0) is 15.9. The van der Waals surface area contributed by atoms with Crippen LogP contribution in [0.5, 0.6) is 0 Å². The van der Waals surface area contributed by atoms with Gasteiger partial charge in [0.1, 0.15) is 0 Å². The van der Waals surface area contributed by atoms with Crippen LogP contribution >= 0.6 is 11.3 Å². The van der Waals surface area contributed by atoms with E-state index in [0.29, 0.717) is 12.3 Å². The molecule has 124 valence electrons. The number of aryl methyl sites for hydroxylation is 3. The second-order valence-electron chi connectivity index (χ2n) is 6.51. The average molecular weight is 324 g/mol. The molecule has 1 N–H and O–H groups in total. The number of rotatable bonds is 7. The minimum absolute atomic E-state index is 0.208. The molecule has 1 aromatic heterocycles. The van der Waals surface area contributed by atoms with Crippen molar-refractivity contribution in [3.05, 3.63) is 15.6 Å². The molecule has 22 heavy (non-hydrogen) atoms. The summed E-state index contributed by atoms with van der Waals surface area (Å²) in [5.74, 6) is 0.908. The van der Waals surface area contributed by atoms with E-state index in [0.717, 1.165) is 38.0 Å². The largest absolute Gasteiger partial charge is 0.356 e. The summed E-state index contributed by atoms with van der Waals surface area (Å²) in [7, 11) is 2.17. The molecule has 0 aliphatic carbocycles. The Morgan fingerprint density at radius 3 is 2.95 bits per heavy atom. The number of likely N-dealkylation sites (tertiary alicyclic amines) is 1. The van der Waals surface area contributed by atoms with Gasteiger partial charge in [0.2, 0.25) is 5.91 Å². The van der Waals surface area contributed by atoms with Crippen LogP contribution in [0.15, 0.2) is 0 Å². The molecular formula is C17H29N3OS. The fourth-order valence-corrected chi connectivity index (χ4v) is 4.02. The van der Waals surface area contributed by atoms with E-state index in [-0.39, 0.29) is 5.91 Å². The standard InChI is InChI=1S/C17H29N3OS/c1-13-14(2)22-17(19-13)7-4-10-18-16(21)9-8-15-6-5-11-20(3)12-15/h15H,4-12H2,1-3H3,(H,18,21)/t15-/m0/s1. The van der Waals surface area contributed by atoms with Gasteiger partial charge in [-0.05, 0) is 59.0 Å². The van der Waals surface area contributed by atoms with Crippen molar-refractivity contribution in [1.29, 1.82) is 0 Å². The highest BCUT2D eigenvalue weighted by Crippen LogP contribution is 2.20. The Kier molecular flexibility index (Phi) is 6.83. The monoisotopic (exact) mass is 323 g/mol. The zero-order valence-electron chi connectivity index (χ0n) is 14.2. The molecule has 1 saturated heterocycles. The van der Waals surface area contributed by atoms with E-state index in [1.165, 1.54) is 29.3 Å². The maximum absolute atomic E-state index is 11.9. The molecule has 2 heterocycles. The number of carbonyl (C=O) groups excluding carboxylic acids is 1. The number of nitrogens with zero attached hydrogens (tertiary/aromatic N) is 2. The van der Waals surface area contributed by atoms with Crippen LogP contribution in [0, 0.1) is 19.8 Å². The highest BCUT2D eigenvalue weighted by atomic mass is 32.1. The van der Waals surface area contributed by atoms with E-state index >= 15 is 0 Å². The molecule has 0 aromatic carbocycles. The summed E-state index contributed by atoms with van der Waals surface area (Å²) in [4.78, 5) is 20.1. The molecular weight excluding hydrogens is 294 g/mol. The number of piperidine rings is 1. The van der Waals surface area contributed by atoms with Gasteiger partial charge in [-0.15, -0.1) is 11.3 Å². The van der Waals surface area contributed by atoms with E-state index in [1.54, 1.807) is 11.3 Å². The lowest BCUT2D eigenvalue weighted by Gasteiger charge is -2.29. The van der Waals surface area contributed by atoms with Crippen LogP contribution in [0.2, 0.25) is 0 Å². The Bertz CT molecular complexity index is 467. The summed E-state index contributed by atoms with van der Waals surface area (Å²) in [6.07, 6.45) is 6.20. The Morgan fingerprint density at radius 2 is 2.27 bits per heavy atom. The van der Waals surface area contributed by atoms with Gasteiger partial charge in [-0.3, -0.25) is 4.79 Å². The van der Waals surface area contributed by atoms with Crippen LogP contribution in [-0.4, -0.2) is 42.5 Å². The third kappa shape index (κ3) is 5.69. The summed E-state index contributed by atoms with van der Waals surface area (Å²) in [5, 5.41) is 4.24. The number of hydrogen-bond donors (Lipinski definition) is 1. The van der Waals surface area contributed by atoms with Gasteiger partial charge in [0.15, 0.2) is 0 Å². The fourth-order valence-electron chi connectivity index (χ4n) is 3.05.